The van der Waals surface area contributed by atoms with Gasteiger partial charge in [0, 0.05) is 0 Å². The lowest BCUT2D eigenvalue weighted by Crippen LogP contribution is -2.26. The van der Waals surface area contributed by atoms with E-state index in [-0.39, 0.29) is 24.6 Å². The predicted molar refractivity (Wildman–Crippen MR) is 96.4 cm³/mol. The zero-order valence-electron chi connectivity index (χ0n) is 14.3. The highest BCUT2D eigenvalue weighted by molar-refractivity contribution is 5.88. The maximum atomic E-state index is 11.9. The van der Waals surface area contributed by atoms with Crippen molar-refractivity contribution in [3.63, 3.8) is 0 Å². The van der Waals surface area contributed by atoms with Gasteiger partial charge in [0.2, 0.25) is 6.79 Å². The smallest absolute Gasteiger partial charge is 0.282 e. The molecule has 0 unspecified atom stereocenters. The van der Waals surface area contributed by atoms with Gasteiger partial charge in [-0.25, -0.2) is 5.43 Å². The van der Waals surface area contributed by atoms with Crippen LogP contribution in [0, 0.1) is 10.1 Å². The number of ether oxygens (including phenoxy) is 3. The number of hydrogen-bond acceptors (Lipinski definition) is 8. The minimum Gasteiger partial charge on any atom is -0.495 e. The summed E-state index contributed by atoms with van der Waals surface area (Å²) in [7, 11) is 1.53. The molecule has 1 heterocycles. The summed E-state index contributed by atoms with van der Waals surface area (Å²) >= 11 is 0. The molecule has 1 aliphatic heterocycles. The van der Waals surface area contributed by atoms with E-state index in [1.807, 2.05) is 6.07 Å². The third kappa shape index (κ3) is 4.24. The van der Waals surface area contributed by atoms with Crippen LogP contribution in [0.1, 0.15) is 5.56 Å². The maximum absolute atomic E-state index is 11.9. The highest BCUT2D eigenvalue weighted by Gasteiger charge is 2.22. The quantitative estimate of drug-likeness (QED) is 0.432. The van der Waals surface area contributed by atoms with Gasteiger partial charge in [-0.1, -0.05) is 12.1 Å². The predicted octanol–water partition coefficient (Wildman–Crippen LogP) is 1.89. The van der Waals surface area contributed by atoms with E-state index in [0.29, 0.717) is 22.9 Å². The standard InChI is InChI=1S/C17H16N4O6/c1-25-14-5-3-2-4-12(14)18-9-17(22)20-19-8-11-6-15-16(27-10-26-15)7-13(11)21(23)24/h2-8,18H,9-10H2,1H3,(H,20,22). The molecule has 2 N–H and O–H groups in total. The second-order valence-electron chi connectivity index (χ2n) is 5.37. The molecule has 0 bridgehead atoms. The number of nitro groups is 1. The van der Waals surface area contributed by atoms with Gasteiger partial charge >= 0.3 is 0 Å². The summed E-state index contributed by atoms with van der Waals surface area (Å²) in [6, 6.07) is 9.84. The van der Waals surface area contributed by atoms with Crippen molar-refractivity contribution in [2.45, 2.75) is 0 Å². The molecule has 0 radical (unpaired) electrons. The van der Waals surface area contributed by atoms with Crippen LogP contribution in [0.15, 0.2) is 41.5 Å². The number of fused-ring (bicyclic) bond motifs is 1. The number of anilines is 1. The fourth-order valence-corrected chi connectivity index (χ4v) is 2.39. The van der Waals surface area contributed by atoms with E-state index in [0.717, 1.165) is 0 Å². The molecule has 0 saturated carbocycles. The van der Waals surface area contributed by atoms with Crippen LogP contribution in [0.25, 0.3) is 0 Å². The summed E-state index contributed by atoms with van der Waals surface area (Å²) < 4.78 is 15.5. The topological polar surface area (TPSA) is 124 Å². The molecule has 0 aliphatic carbocycles. The average Bonchev–Trinajstić information content (AvgIpc) is 3.13. The molecule has 2 aromatic carbocycles. The number of methoxy groups -OCH3 is 1. The fourth-order valence-electron chi connectivity index (χ4n) is 2.39. The molecule has 3 rings (SSSR count). The van der Waals surface area contributed by atoms with Crippen molar-refractivity contribution in [2.24, 2.45) is 5.10 Å². The Morgan fingerprint density at radius 2 is 2.07 bits per heavy atom. The summed E-state index contributed by atoms with van der Waals surface area (Å²) in [6.07, 6.45) is 1.18. The summed E-state index contributed by atoms with van der Waals surface area (Å²) in [5.41, 5.74) is 2.94. The third-order valence-corrected chi connectivity index (χ3v) is 3.66. The Kier molecular flexibility index (Phi) is 5.36. The van der Waals surface area contributed by atoms with Gasteiger partial charge in [-0.05, 0) is 18.2 Å². The van der Waals surface area contributed by atoms with Crippen molar-refractivity contribution >= 4 is 23.5 Å². The first kappa shape index (κ1) is 18.0. The van der Waals surface area contributed by atoms with Crippen molar-refractivity contribution < 1.29 is 23.9 Å². The molecule has 27 heavy (non-hydrogen) atoms. The van der Waals surface area contributed by atoms with Crippen LogP contribution in [-0.4, -0.2) is 37.5 Å². The summed E-state index contributed by atoms with van der Waals surface area (Å²) in [5.74, 6) is 0.848. The van der Waals surface area contributed by atoms with Gasteiger partial charge in [0.25, 0.3) is 11.6 Å². The van der Waals surface area contributed by atoms with Crippen molar-refractivity contribution in [1.29, 1.82) is 0 Å². The molecule has 1 aliphatic rings. The number of carbonyl (C=O) groups is 1. The van der Waals surface area contributed by atoms with Crippen LogP contribution in [0.4, 0.5) is 11.4 Å². The molecule has 10 nitrogen and oxygen atoms in total. The molecule has 0 aromatic heterocycles. The van der Waals surface area contributed by atoms with Gasteiger partial charge in [-0.15, -0.1) is 0 Å². The highest BCUT2D eigenvalue weighted by Crippen LogP contribution is 2.37. The summed E-state index contributed by atoms with van der Waals surface area (Å²) in [4.78, 5) is 22.5. The maximum Gasteiger partial charge on any atom is 0.282 e. The second kappa shape index (κ2) is 8.04. The number of nitro benzene ring substituents is 1. The number of carbonyl (C=O) groups excluding carboxylic acids is 1. The Hall–Kier alpha value is -3.82. The first-order valence-corrected chi connectivity index (χ1v) is 7.85. The highest BCUT2D eigenvalue weighted by atomic mass is 16.7. The molecule has 0 fully saturated rings. The van der Waals surface area contributed by atoms with E-state index in [1.165, 1.54) is 25.5 Å². The number of nitrogens with one attached hydrogen (secondary N) is 2. The lowest BCUT2D eigenvalue weighted by molar-refractivity contribution is -0.385. The molecule has 0 atom stereocenters. The van der Waals surface area contributed by atoms with E-state index in [2.05, 4.69) is 15.8 Å². The van der Waals surface area contributed by atoms with Crippen molar-refractivity contribution in [1.82, 2.24) is 5.43 Å². The van der Waals surface area contributed by atoms with Crippen LogP contribution in [0.5, 0.6) is 17.2 Å². The fraction of sp³-hybridized carbons (Fsp3) is 0.176. The SMILES string of the molecule is COc1ccccc1NCC(=O)NN=Cc1cc2c(cc1[N+](=O)[O-])OCO2. The molecule has 0 spiro atoms. The minimum atomic E-state index is -0.561. The molecule has 10 heteroatoms. The lowest BCUT2D eigenvalue weighted by atomic mass is 10.1. The Morgan fingerprint density at radius 3 is 2.81 bits per heavy atom. The molecule has 140 valence electrons. The molecular formula is C17H16N4O6. The van der Waals surface area contributed by atoms with E-state index in [4.69, 9.17) is 14.2 Å². The van der Waals surface area contributed by atoms with Crippen molar-refractivity contribution in [3.05, 3.63) is 52.1 Å². The second-order valence-corrected chi connectivity index (χ2v) is 5.37. The number of para-hydroxylation sites is 2. The van der Waals surface area contributed by atoms with Crippen LogP contribution in [-0.2, 0) is 4.79 Å². The number of rotatable bonds is 7. The van der Waals surface area contributed by atoms with Gasteiger partial charge in [-0.3, -0.25) is 14.9 Å². The number of nitrogens with zero attached hydrogens (tertiary/aromatic N) is 2. The molecular weight excluding hydrogens is 356 g/mol. The molecule has 1 amide bonds. The van der Waals surface area contributed by atoms with E-state index in [1.54, 1.807) is 18.2 Å². The lowest BCUT2D eigenvalue weighted by Gasteiger charge is -2.09. The Balaban J connectivity index is 1.62. The number of benzene rings is 2. The van der Waals surface area contributed by atoms with E-state index >= 15 is 0 Å². The number of hydrogen-bond donors (Lipinski definition) is 2. The normalized spacial score (nSPS) is 12.0. The monoisotopic (exact) mass is 372 g/mol. The summed E-state index contributed by atoms with van der Waals surface area (Å²) in [6.45, 7) is -0.0562. The average molecular weight is 372 g/mol. The van der Waals surface area contributed by atoms with E-state index in [9.17, 15) is 14.9 Å². The van der Waals surface area contributed by atoms with Crippen molar-refractivity contribution in [3.8, 4) is 17.2 Å². The minimum absolute atomic E-state index is 0.00155. The van der Waals surface area contributed by atoms with Gasteiger partial charge in [0.05, 0.1) is 42.1 Å². The third-order valence-electron chi connectivity index (χ3n) is 3.66. The van der Waals surface area contributed by atoms with E-state index < -0.39 is 10.8 Å². The zero-order valence-corrected chi connectivity index (χ0v) is 14.3. The number of amides is 1. The Morgan fingerprint density at radius 1 is 1.33 bits per heavy atom. The van der Waals surface area contributed by atoms with Gasteiger partial charge < -0.3 is 19.5 Å². The Bertz CT molecular complexity index is 899. The van der Waals surface area contributed by atoms with Gasteiger partial charge in [0.15, 0.2) is 11.5 Å². The molecule has 0 saturated heterocycles. The number of hydrazone groups is 1. The van der Waals surface area contributed by atoms with Gasteiger partial charge in [-0.2, -0.15) is 5.10 Å². The first-order chi connectivity index (χ1) is 13.1. The largest absolute Gasteiger partial charge is 0.495 e. The van der Waals surface area contributed by atoms with Crippen LogP contribution in [0.3, 0.4) is 0 Å². The van der Waals surface area contributed by atoms with Crippen LogP contribution in [0.2, 0.25) is 0 Å². The molecule has 2 aromatic rings. The zero-order chi connectivity index (χ0) is 19.2. The van der Waals surface area contributed by atoms with Crippen LogP contribution >= 0.6 is 0 Å². The summed E-state index contributed by atoms with van der Waals surface area (Å²) in [5, 5.41) is 17.9. The van der Waals surface area contributed by atoms with Crippen molar-refractivity contribution in [2.75, 3.05) is 25.8 Å². The van der Waals surface area contributed by atoms with Crippen LogP contribution < -0.4 is 25.0 Å². The van der Waals surface area contributed by atoms with Gasteiger partial charge in [0.1, 0.15) is 5.75 Å². The first-order valence-electron chi connectivity index (χ1n) is 7.85. The Labute approximate surface area is 153 Å².